The number of hydrogen-bond donors (Lipinski definition) is 1. The molecule has 1 N–H and O–H groups in total. The molecule has 33 heavy (non-hydrogen) atoms. The highest BCUT2D eigenvalue weighted by molar-refractivity contribution is 7.89. The van der Waals surface area contributed by atoms with Crippen LogP contribution in [0.3, 0.4) is 0 Å². The fourth-order valence-electron chi connectivity index (χ4n) is 4.41. The summed E-state index contributed by atoms with van der Waals surface area (Å²) < 4.78 is 27.5. The van der Waals surface area contributed by atoms with E-state index in [0.29, 0.717) is 24.4 Å². The van der Waals surface area contributed by atoms with E-state index in [2.05, 4.69) is 28.2 Å². The van der Waals surface area contributed by atoms with Gasteiger partial charge in [-0.3, -0.25) is 4.79 Å². The van der Waals surface area contributed by atoms with Crippen LogP contribution in [0.15, 0.2) is 47.4 Å². The van der Waals surface area contributed by atoms with Crippen molar-refractivity contribution >= 4 is 38.9 Å². The lowest BCUT2D eigenvalue weighted by Crippen LogP contribution is -2.44. The molecule has 2 fully saturated rings. The van der Waals surface area contributed by atoms with Crippen molar-refractivity contribution < 1.29 is 13.2 Å². The fourth-order valence-corrected chi connectivity index (χ4v) is 6.06. The van der Waals surface area contributed by atoms with Crippen LogP contribution in [0, 0.1) is 12.8 Å². The predicted molar refractivity (Wildman–Crippen MR) is 132 cm³/mol. The first-order valence-electron chi connectivity index (χ1n) is 11.3. The van der Waals surface area contributed by atoms with Gasteiger partial charge in [-0.2, -0.15) is 4.31 Å². The summed E-state index contributed by atoms with van der Waals surface area (Å²) in [6.07, 6.45) is 1.31. The Bertz CT molecular complexity index is 1100. The summed E-state index contributed by atoms with van der Waals surface area (Å²) in [5.74, 6) is -0.529. The van der Waals surface area contributed by atoms with Crippen LogP contribution in [-0.2, 0) is 14.8 Å². The van der Waals surface area contributed by atoms with Gasteiger partial charge in [0.25, 0.3) is 0 Å². The van der Waals surface area contributed by atoms with Crippen molar-refractivity contribution in [2.45, 2.75) is 24.7 Å². The van der Waals surface area contributed by atoms with E-state index in [1.54, 1.807) is 12.1 Å². The molecule has 178 valence electrons. The van der Waals surface area contributed by atoms with Crippen molar-refractivity contribution in [1.29, 1.82) is 0 Å². The highest BCUT2D eigenvalue weighted by atomic mass is 35.5. The van der Waals surface area contributed by atoms with Crippen molar-refractivity contribution in [2.75, 3.05) is 56.5 Å². The number of amides is 1. The number of rotatable bonds is 5. The summed E-state index contributed by atoms with van der Waals surface area (Å²) in [6, 6.07) is 12.3. The molecule has 0 spiro atoms. The highest BCUT2D eigenvalue weighted by Gasteiger charge is 2.33. The van der Waals surface area contributed by atoms with Gasteiger partial charge in [0.1, 0.15) is 0 Å². The van der Waals surface area contributed by atoms with E-state index < -0.39 is 15.9 Å². The van der Waals surface area contributed by atoms with Gasteiger partial charge in [-0.1, -0.05) is 11.6 Å². The molecule has 1 atom stereocenters. The largest absolute Gasteiger partial charge is 0.369 e. The monoisotopic (exact) mass is 490 g/mol. The summed E-state index contributed by atoms with van der Waals surface area (Å²) in [7, 11) is -1.53. The second-order valence-electron chi connectivity index (χ2n) is 8.93. The molecule has 2 heterocycles. The lowest BCUT2D eigenvalue weighted by molar-refractivity contribution is -0.120. The second-order valence-corrected chi connectivity index (χ2v) is 11.3. The zero-order valence-electron chi connectivity index (χ0n) is 19.1. The summed E-state index contributed by atoms with van der Waals surface area (Å²) >= 11 is 5.90. The van der Waals surface area contributed by atoms with Crippen molar-refractivity contribution in [3.05, 3.63) is 53.1 Å². The van der Waals surface area contributed by atoms with Crippen LogP contribution >= 0.6 is 11.6 Å². The third-order valence-electron chi connectivity index (χ3n) is 6.54. The van der Waals surface area contributed by atoms with Crippen LogP contribution in [0.2, 0.25) is 5.02 Å². The van der Waals surface area contributed by atoms with E-state index in [0.717, 1.165) is 43.1 Å². The Labute approximate surface area is 201 Å². The van der Waals surface area contributed by atoms with E-state index in [1.165, 1.54) is 16.4 Å². The standard InChI is InChI=1S/C24H31ClN4O3S/c1-18-16-21(28-14-12-27(2)13-15-28)7-10-23(18)26-24(30)19-4-3-11-29(17-19)33(31,32)22-8-5-20(25)6-9-22/h5-10,16,19H,3-4,11-15,17H2,1-2H3,(H,26,30). The molecule has 2 aromatic rings. The molecular weight excluding hydrogens is 460 g/mol. The van der Waals surface area contributed by atoms with Crippen LogP contribution < -0.4 is 10.2 Å². The maximum Gasteiger partial charge on any atom is 0.243 e. The molecule has 2 saturated heterocycles. The van der Waals surface area contributed by atoms with E-state index >= 15 is 0 Å². The van der Waals surface area contributed by atoms with Crippen molar-refractivity contribution in [2.24, 2.45) is 5.92 Å². The van der Waals surface area contributed by atoms with Crippen LogP contribution in [0.4, 0.5) is 11.4 Å². The lowest BCUT2D eigenvalue weighted by Gasteiger charge is -2.34. The van der Waals surface area contributed by atoms with E-state index in [-0.39, 0.29) is 17.3 Å². The maximum atomic E-state index is 13.0. The lowest BCUT2D eigenvalue weighted by atomic mass is 9.98. The number of likely N-dealkylation sites (N-methyl/N-ethyl adjacent to an activating group) is 1. The summed E-state index contributed by atoms with van der Waals surface area (Å²) in [5, 5.41) is 3.52. The minimum Gasteiger partial charge on any atom is -0.369 e. The van der Waals surface area contributed by atoms with Crippen LogP contribution in [0.1, 0.15) is 18.4 Å². The summed E-state index contributed by atoms with van der Waals surface area (Å²) in [6.45, 7) is 6.63. The number of nitrogens with zero attached hydrogens (tertiary/aromatic N) is 3. The number of hydrogen-bond acceptors (Lipinski definition) is 5. The minimum atomic E-state index is -3.66. The third-order valence-corrected chi connectivity index (χ3v) is 8.67. The minimum absolute atomic E-state index is 0.138. The fraction of sp³-hybridized carbons (Fsp3) is 0.458. The topological polar surface area (TPSA) is 73.0 Å². The molecule has 2 aliphatic heterocycles. The van der Waals surface area contributed by atoms with Gasteiger partial charge >= 0.3 is 0 Å². The first-order chi connectivity index (χ1) is 15.7. The molecule has 2 aliphatic rings. The Morgan fingerprint density at radius 1 is 1.03 bits per heavy atom. The average molecular weight is 491 g/mol. The SMILES string of the molecule is Cc1cc(N2CCN(C)CC2)ccc1NC(=O)C1CCCN(S(=O)(=O)c2ccc(Cl)cc2)C1. The zero-order valence-corrected chi connectivity index (χ0v) is 20.7. The molecular formula is C24H31ClN4O3S. The van der Waals surface area contributed by atoms with Gasteiger partial charge in [-0.05, 0) is 74.8 Å². The predicted octanol–water partition coefficient (Wildman–Crippen LogP) is 3.44. The average Bonchev–Trinajstić information content (AvgIpc) is 2.81. The molecule has 0 aliphatic carbocycles. The maximum absolute atomic E-state index is 13.0. The van der Waals surface area contributed by atoms with Gasteiger partial charge < -0.3 is 15.1 Å². The summed E-state index contributed by atoms with van der Waals surface area (Å²) in [5.41, 5.74) is 2.94. The Morgan fingerprint density at radius 3 is 2.39 bits per heavy atom. The van der Waals surface area contributed by atoms with E-state index in [1.807, 2.05) is 19.1 Å². The van der Waals surface area contributed by atoms with Gasteiger partial charge in [-0.15, -0.1) is 0 Å². The number of aryl methyl sites for hydroxylation is 1. The first kappa shape index (κ1) is 24.0. The number of benzene rings is 2. The molecule has 2 aromatic carbocycles. The van der Waals surface area contributed by atoms with Gasteiger partial charge in [0, 0.05) is 55.7 Å². The van der Waals surface area contributed by atoms with Crippen LogP contribution in [0.25, 0.3) is 0 Å². The number of piperazine rings is 1. The molecule has 0 bridgehead atoms. The van der Waals surface area contributed by atoms with Crippen molar-refractivity contribution in [1.82, 2.24) is 9.21 Å². The summed E-state index contributed by atoms with van der Waals surface area (Å²) in [4.78, 5) is 17.9. The number of halogens is 1. The quantitative estimate of drug-likeness (QED) is 0.695. The number of sulfonamides is 1. The number of nitrogens with one attached hydrogen (secondary N) is 1. The van der Waals surface area contributed by atoms with Gasteiger partial charge in [0.05, 0.1) is 10.8 Å². The normalized spacial score (nSPS) is 20.6. The molecule has 0 saturated carbocycles. The van der Waals surface area contributed by atoms with Crippen molar-refractivity contribution in [3.63, 3.8) is 0 Å². The van der Waals surface area contributed by atoms with E-state index in [9.17, 15) is 13.2 Å². The zero-order chi connectivity index (χ0) is 23.6. The second kappa shape index (κ2) is 10.0. The van der Waals surface area contributed by atoms with Crippen LogP contribution in [-0.4, -0.2) is 69.8 Å². The molecule has 0 radical (unpaired) electrons. The Kier molecular flexibility index (Phi) is 7.28. The Hall–Kier alpha value is -2.13. The molecule has 0 aromatic heterocycles. The number of piperidine rings is 1. The number of carbonyl (C=O) groups is 1. The van der Waals surface area contributed by atoms with Crippen molar-refractivity contribution in [3.8, 4) is 0 Å². The first-order valence-corrected chi connectivity index (χ1v) is 13.2. The Balaban J connectivity index is 1.41. The number of carbonyl (C=O) groups excluding carboxylic acids is 1. The number of anilines is 2. The highest BCUT2D eigenvalue weighted by Crippen LogP contribution is 2.28. The Morgan fingerprint density at radius 2 is 1.73 bits per heavy atom. The van der Waals surface area contributed by atoms with Gasteiger partial charge in [0.15, 0.2) is 0 Å². The third kappa shape index (κ3) is 5.51. The van der Waals surface area contributed by atoms with E-state index in [4.69, 9.17) is 11.6 Å². The molecule has 1 amide bonds. The smallest absolute Gasteiger partial charge is 0.243 e. The van der Waals surface area contributed by atoms with Crippen LogP contribution in [0.5, 0.6) is 0 Å². The molecule has 9 heteroatoms. The van der Waals surface area contributed by atoms with Gasteiger partial charge in [0.2, 0.25) is 15.9 Å². The van der Waals surface area contributed by atoms with Gasteiger partial charge in [-0.25, -0.2) is 8.42 Å². The molecule has 4 rings (SSSR count). The molecule has 1 unspecified atom stereocenters. The molecule has 7 nitrogen and oxygen atoms in total.